The number of rotatable bonds is 5. The fraction of sp³-hybridized carbons (Fsp3) is 0.409. The fourth-order valence-electron chi connectivity index (χ4n) is 3.23. The van der Waals surface area contributed by atoms with E-state index in [1.807, 2.05) is 38.3 Å². The van der Waals surface area contributed by atoms with Crippen molar-refractivity contribution in [3.8, 4) is 0 Å². The van der Waals surface area contributed by atoms with Crippen LogP contribution in [-0.4, -0.2) is 41.0 Å². The molecule has 0 aliphatic carbocycles. The van der Waals surface area contributed by atoms with Crippen molar-refractivity contribution >= 4 is 28.9 Å². The molecular formula is C22H26FN3O2S. The summed E-state index contributed by atoms with van der Waals surface area (Å²) in [5.74, 6) is -0.655. The second-order valence-electron chi connectivity index (χ2n) is 8.52. The van der Waals surface area contributed by atoms with Gasteiger partial charge in [0.1, 0.15) is 12.4 Å². The predicted octanol–water partition coefficient (Wildman–Crippen LogP) is 4.46. The van der Waals surface area contributed by atoms with E-state index in [9.17, 15) is 14.0 Å². The molecule has 0 saturated carbocycles. The van der Waals surface area contributed by atoms with Crippen LogP contribution in [0.4, 0.5) is 4.39 Å². The number of halogens is 1. The van der Waals surface area contributed by atoms with E-state index in [2.05, 4.69) is 5.10 Å². The van der Waals surface area contributed by atoms with E-state index in [4.69, 9.17) is 0 Å². The van der Waals surface area contributed by atoms with Crippen LogP contribution in [-0.2, 0) is 9.59 Å². The summed E-state index contributed by atoms with van der Waals surface area (Å²) in [5, 5.41) is 7.99. The van der Waals surface area contributed by atoms with Gasteiger partial charge in [-0.1, -0.05) is 39.0 Å². The van der Waals surface area contributed by atoms with Crippen molar-refractivity contribution in [1.29, 1.82) is 0 Å². The van der Waals surface area contributed by atoms with E-state index in [0.29, 0.717) is 12.8 Å². The molecule has 0 fully saturated rings. The lowest BCUT2D eigenvalue weighted by molar-refractivity contribution is -0.141. The van der Waals surface area contributed by atoms with Gasteiger partial charge in [-0.25, -0.2) is 9.40 Å². The minimum Gasteiger partial charge on any atom is -0.336 e. The molecule has 5 nitrogen and oxygen atoms in total. The maximum absolute atomic E-state index is 13.4. The van der Waals surface area contributed by atoms with Crippen molar-refractivity contribution in [1.82, 2.24) is 9.91 Å². The Morgan fingerprint density at radius 2 is 1.93 bits per heavy atom. The summed E-state index contributed by atoms with van der Waals surface area (Å²) >= 11 is 1.57. The number of carbonyl (C=O) groups excluding carboxylic acids is 2. The molecule has 29 heavy (non-hydrogen) atoms. The minimum atomic E-state index is -0.323. The Labute approximate surface area is 174 Å². The van der Waals surface area contributed by atoms with E-state index >= 15 is 0 Å². The van der Waals surface area contributed by atoms with E-state index in [0.717, 1.165) is 16.2 Å². The molecule has 154 valence electrons. The molecule has 1 atom stereocenters. The van der Waals surface area contributed by atoms with Crippen molar-refractivity contribution < 1.29 is 14.0 Å². The predicted molar refractivity (Wildman–Crippen MR) is 113 cm³/mol. The van der Waals surface area contributed by atoms with Crippen LogP contribution in [0.2, 0.25) is 0 Å². The number of likely N-dealkylation sites (N-methyl/N-ethyl adjacent to an activating group) is 1. The number of amides is 2. The first kappa shape index (κ1) is 21.2. The number of hydrogen-bond donors (Lipinski definition) is 0. The molecule has 1 aliphatic heterocycles. The Balaban J connectivity index is 1.80. The van der Waals surface area contributed by atoms with Gasteiger partial charge in [-0.2, -0.15) is 5.10 Å². The second-order valence-corrected chi connectivity index (χ2v) is 9.47. The highest BCUT2D eigenvalue weighted by molar-refractivity contribution is 7.12. The monoisotopic (exact) mass is 415 g/mol. The van der Waals surface area contributed by atoms with Gasteiger partial charge < -0.3 is 4.90 Å². The van der Waals surface area contributed by atoms with Crippen LogP contribution < -0.4 is 0 Å². The van der Waals surface area contributed by atoms with Gasteiger partial charge in [0.25, 0.3) is 5.91 Å². The Morgan fingerprint density at radius 1 is 1.24 bits per heavy atom. The lowest BCUT2D eigenvalue weighted by Crippen LogP contribution is -2.40. The maximum Gasteiger partial charge on any atom is 0.262 e. The van der Waals surface area contributed by atoms with Crippen molar-refractivity contribution in [2.75, 3.05) is 13.6 Å². The van der Waals surface area contributed by atoms with Crippen molar-refractivity contribution in [3.05, 3.63) is 58.0 Å². The number of nitrogens with zero attached hydrogens (tertiary/aromatic N) is 3. The zero-order valence-electron chi connectivity index (χ0n) is 17.2. The molecule has 7 heteroatoms. The lowest BCUT2D eigenvalue weighted by atomic mass is 9.92. The van der Waals surface area contributed by atoms with Crippen molar-refractivity contribution in [2.24, 2.45) is 10.5 Å². The molecule has 0 unspecified atom stereocenters. The molecule has 0 N–H and O–H groups in total. The first-order valence-electron chi connectivity index (χ1n) is 9.57. The average Bonchev–Trinajstić information content (AvgIpc) is 3.30. The maximum atomic E-state index is 13.4. The van der Waals surface area contributed by atoms with Gasteiger partial charge in [0, 0.05) is 19.9 Å². The Morgan fingerprint density at radius 3 is 2.52 bits per heavy atom. The zero-order chi connectivity index (χ0) is 21.2. The quantitative estimate of drug-likeness (QED) is 0.724. The number of thiophene rings is 1. The minimum absolute atomic E-state index is 0.0478. The van der Waals surface area contributed by atoms with Gasteiger partial charge in [-0.3, -0.25) is 9.59 Å². The zero-order valence-corrected chi connectivity index (χ0v) is 18.0. The van der Waals surface area contributed by atoms with Gasteiger partial charge in [-0.15, -0.1) is 11.3 Å². The van der Waals surface area contributed by atoms with E-state index in [1.165, 1.54) is 22.0 Å². The summed E-state index contributed by atoms with van der Waals surface area (Å²) in [6, 6.07) is 9.74. The van der Waals surface area contributed by atoms with Gasteiger partial charge in [0.15, 0.2) is 0 Å². The van der Waals surface area contributed by atoms with Crippen LogP contribution >= 0.6 is 11.3 Å². The number of carbonyl (C=O) groups is 2. The molecule has 2 amide bonds. The Bertz CT molecular complexity index is 901. The molecule has 0 radical (unpaired) electrons. The van der Waals surface area contributed by atoms with Crippen LogP contribution in [0.3, 0.4) is 0 Å². The molecule has 0 bridgehead atoms. The Kier molecular flexibility index (Phi) is 6.17. The molecule has 0 spiro atoms. The molecule has 3 rings (SSSR count). The average molecular weight is 416 g/mol. The fourth-order valence-corrected chi connectivity index (χ4v) is 3.95. The van der Waals surface area contributed by atoms with Crippen LogP contribution in [0.15, 0.2) is 46.9 Å². The van der Waals surface area contributed by atoms with E-state index in [-0.39, 0.29) is 35.6 Å². The molecule has 2 heterocycles. The summed E-state index contributed by atoms with van der Waals surface area (Å²) in [6.07, 6.45) is 0.916. The number of benzene rings is 1. The highest BCUT2D eigenvalue weighted by Crippen LogP contribution is 2.34. The van der Waals surface area contributed by atoms with E-state index in [1.54, 1.807) is 30.5 Å². The lowest BCUT2D eigenvalue weighted by Gasteiger charge is -2.26. The summed E-state index contributed by atoms with van der Waals surface area (Å²) < 4.78 is 13.4. The molecular weight excluding hydrogens is 389 g/mol. The van der Waals surface area contributed by atoms with E-state index < -0.39 is 0 Å². The normalized spacial score (nSPS) is 16.7. The smallest absolute Gasteiger partial charge is 0.262 e. The highest BCUT2D eigenvalue weighted by Gasteiger charge is 2.34. The molecule has 2 aromatic rings. The SMILES string of the molecule is CN(CC(=O)N1N=C(c2cccs2)C[C@H]1c1ccc(F)cc1)C(=O)CC(C)(C)C. The third-order valence-corrected chi connectivity index (χ3v) is 5.62. The van der Waals surface area contributed by atoms with Crippen LogP contribution in [0.25, 0.3) is 0 Å². The first-order chi connectivity index (χ1) is 13.6. The first-order valence-corrected chi connectivity index (χ1v) is 10.4. The number of hydrogen-bond acceptors (Lipinski definition) is 4. The van der Waals surface area contributed by atoms with Crippen LogP contribution in [0.5, 0.6) is 0 Å². The summed E-state index contributed by atoms with van der Waals surface area (Å²) in [6.45, 7) is 5.92. The standard InChI is InChI=1S/C22H26FN3O2S/c1-22(2,3)13-20(27)25(4)14-21(28)26-18(15-7-9-16(23)10-8-15)12-17(24-26)19-6-5-11-29-19/h5-11,18H,12-14H2,1-4H3/t18-/m0/s1. The van der Waals surface area contributed by atoms with Crippen molar-refractivity contribution in [3.63, 3.8) is 0 Å². The van der Waals surface area contributed by atoms with Crippen molar-refractivity contribution in [2.45, 2.75) is 39.7 Å². The van der Waals surface area contributed by atoms with Crippen LogP contribution in [0.1, 0.15) is 50.1 Å². The van der Waals surface area contributed by atoms with Gasteiger partial charge >= 0.3 is 0 Å². The summed E-state index contributed by atoms with van der Waals surface area (Å²) in [7, 11) is 1.64. The van der Waals surface area contributed by atoms with Gasteiger partial charge in [0.05, 0.1) is 16.6 Å². The molecule has 1 aliphatic rings. The molecule has 0 saturated heterocycles. The van der Waals surface area contributed by atoms with Gasteiger partial charge in [0.2, 0.25) is 5.91 Å². The second kappa shape index (κ2) is 8.45. The molecule has 1 aromatic carbocycles. The molecule has 1 aromatic heterocycles. The number of hydrazone groups is 1. The Hall–Kier alpha value is -2.54. The van der Waals surface area contributed by atoms with Crippen LogP contribution in [0, 0.1) is 11.2 Å². The largest absolute Gasteiger partial charge is 0.336 e. The third-order valence-electron chi connectivity index (χ3n) is 4.71. The summed E-state index contributed by atoms with van der Waals surface area (Å²) in [4.78, 5) is 27.9. The third kappa shape index (κ3) is 5.29. The topological polar surface area (TPSA) is 53.0 Å². The summed E-state index contributed by atoms with van der Waals surface area (Å²) in [5.41, 5.74) is 1.49. The van der Waals surface area contributed by atoms with Gasteiger partial charge in [-0.05, 0) is 34.6 Å². The highest BCUT2D eigenvalue weighted by atomic mass is 32.1.